The van der Waals surface area contributed by atoms with Crippen LogP contribution in [0.15, 0.2) is 0 Å². The SMILES string of the molecule is O.O.O.O.O.O.[H-].[H-].[H-].[H-].[H-].[H-].[H-].[Na+].[Na+].[Na+].[Na+].[Na+].[Na+].[Na+]. The van der Waals surface area contributed by atoms with Gasteiger partial charge in [0.2, 0.25) is 0 Å². The van der Waals surface area contributed by atoms with E-state index in [4.69, 9.17) is 0 Å². The van der Waals surface area contributed by atoms with Crippen molar-refractivity contribution in [1.29, 1.82) is 0 Å². The predicted molar refractivity (Wildman–Crippen MR) is 29.5 cm³/mol. The summed E-state index contributed by atoms with van der Waals surface area (Å²) in [6, 6.07) is 0. The predicted octanol–water partition coefficient (Wildman–Crippen LogP) is -25.1. The fourth-order valence-corrected chi connectivity index (χ4v) is 0. The Morgan fingerprint density at radius 2 is 0.231 bits per heavy atom. The fraction of sp³-hybridized carbons (Fsp3) is 0. The maximum atomic E-state index is 0. The molecular weight excluding hydrogens is 257 g/mol. The molecule has 0 spiro atoms. The van der Waals surface area contributed by atoms with Crippen LogP contribution in [-0.2, 0) is 0 Å². The van der Waals surface area contributed by atoms with Gasteiger partial charge in [0.1, 0.15) is 0 Å². The molecule has 0 radical (unpaired) electrons. The smallest absolute Gasteiger partial charge is 1.00 e. The van der Waals surface area contributed by atoms with E-state index in [0.29, 0.717) is 0 Å². The van der Waals surface area contributed by atoms with Gasteiger partial charge in [-0.1, -0.05) is 0 Å². The van der Waals surface area contributed by atoms with Crippen LogP contribution in [-0.4, -0.2) is 32.9 Å². The molecule has 0 fully saturated rings. The third-order valence-corrected chi connectivity index (χ3v) is 0. The standard InChI is InChI=1S/7Na.6H2O.7H/h;;;;;;;6*1H2;;;;;;;/q7*+1;;;;;;;7*-1. The molecule has 12 N–H and O–H groups in total. The van der Waals surface area contributed by atoms with Crippen molar-refractivity contribution in [2.45, 2.75) is 0 Å². The summed E-state index contributed by atoms with van der Waals surface area (Å²) in [5, 5.41) is 0. The Kier molecular flexibility index (Phi) is 1520. The molecule has 0 rings (SSSR count). The van der Waals surface area contributed by atoms with Gasteiger partial charge in [0.25, 0.3) is 0 Å². The van der Waals surface area contributed by atoms with Gasteiger partial charge in [-0.05, 0) is 0 Å². The van der Waals surface area contributed by atoms with Gasteiger partial charge in [-0.15, -0.1) is 0 Å². The Morgan fingerprint density at radius 1 is 0.231 bits per heavy atom. The zero-order chi connectivity index (χ0) is 0. The van der Waals surface area contributed by atoms with Crippen LogP contribution in [0.2, 0.25) is 0 Å². The Morgan fingerprint density at radius 3 is 0.231 bits per heavy atom. The van der Waals surface area contributed by atoms with Crippen molar-refractivity contribution in [3.8, 4) is 0 Å². The van der Waals surface area contributed by atoms with Crippen LogP contribution in [0.4, 0.5) is 0 Å². The third kappa shape index (κ3) is 115. The first-order chi connectivity index (χ1) is 0. The van der Waals surface area contributed by atoms with Gasteiger partial charge in [0, 0.05) is 0 Å². The average molecular weight is 276 g/mol. The monoisotopic (exact) mass is 276 g/mol. The molecule has 13 heavy (non-hydrogen) atoms. The van der Waals surface area contributed by atoms with Gasteiger partial charge in [0.15, 0.2) is 0 Å². The molecule has 0 bridgehead atoms. The molecule has 62 valence electrons. The van der Waals surface area contributed by atoms with E-state index < -0.39 is 0 Å². The van der Waals surface area contributed by atoms with Gasteiger partial charge in [-0.25, -0.2) is 0 Å². The Labute approximate surface area is 244 Å². The van der Waals surface area contributed by atoms with E-state index in [1.807, 2.05) is 0 Å². The molecule has 0 aromatic carbocycles. The van der Waals surface area contributed by atoms with E-state index in [0.717, 1.165) is 0 Å². The first-order valence-electron chi connectivity index (χ1n) is 0. The summed E-state index contributed by atoms with van der Waals surface area (Å²) in [6.45, 7) is 0. The van der Waals surface area contributed by atoms with Gasteiger partial charge < -0.3 is 42.8 Å². The van der Waals surface area contributed by atoms with Gasteiger partial charge >= 0.3 is 207 Å². The molecule has 0 aliphatic heterocycles. The number of hydrogen-bond acceptors (Lipinski definition) is 0. The minimum atomic E-state index is 0. The van der Waals surface area contributed by atoms with Crippen molar-refractivity contribution in [2.24, 2.45) is 0 Å². The summed E-state index contributed by atoms with van der Waals surface area (Å²) < 4.78 is 0. The van der Waals surface area contributed by atoms with Crippen LogP contribution in [0.5, 0.6) is 0 Å². The molecule has 0 aliphatic rings. The van der Waals surface area contributed by atoms with Crippen molar-refractivity contribution in [3.63, 3.8) is 0 Å². The number of hydrogen-bond donors (Lipinski definition) is 0. The molecule has 0 saturated heterocycles. The molecule has 0 aromatic rings. The van der Waals surface area contributed by atoms with Gasteiger partial charge in [0.05, 0.1) is 0 Å². The molecule has 13 heteroatoms. The minimum absolute atomic E-state index is 0. The normalized spacial score (nSPS) is 0. The van der Waals surface area contributed by atoms with E-state index in [1.54, 1.807) is 0 Å². The number of rotatable bonds is 0. The average Bonchev–Trinajstić information content (AvgIpc) is 0. The van der Waals surface area contributed by atoms with E-state index in [2.05, 4.69) is 0 Å². The van der Waals surface area contributed by atoms with Crippen molar-refractivity contribution in [2.75, 3.05) is 0 Å². The van der Waals surface area contributed by atoms with Crippen molar-refractivity contribution in [1.82, 2.24) is 0 Å². The Hall–Kier alpha value is 6.76. The van der Waals surface area contributed by atoms with Gasteiger partial charge in [-0.3, -0.25) is 0 Å². The quantitative estimate of drug-likeness (QED) is 0.380. The van der Waals surface area contributed by atoms with Crippen LogP contribution in [0, 0.1) is 0 Å². The second kappa shape index (κ2) is 129. The van der Waals surface area contributed by atoms with E-state index >= 15 is 0 Å². The van der Waals surface area contributed by atoms with E-state index in [9.17, 15) is 0 Å². The summed E-state index contributed by atoms with van der Waals surface area (Å²) in [7, 11) is 0. The van der Waals surface area contributed by atoms with Crippen molar-refractivity contribution >= 4 is 0 Å². The molecule has 0 unspecified atom stereocenters. The topological polar surface area (TPSA) is 189 Å². The Balaban J connectivity index is 0. The van der Waals surface area contributed by atoms with E-state index in [-0.39, 0.29) is 250 Å². The van der Waals surface area contributed by atoms with Crippen LogP contribution >= 0.6 is 0 Å². The first kappa shape index (κ1) is 152. The second-order valence-corrected chi connectivity index (χ2v) is 0. The summed E-state index contributed by atoms with van der Waals surface area (Å²) in [6.07, 6.45) is 0. The van der Waals surface area contributed by atoms with Crippen LogP contribution in [0.1, 0.15) is 9.99 Å². The molecule has 0 saturated carbocycles. The molecule has 6 nitrogen and oxygen atoms in total. The van der Waals surface area contributed by atoms with Gasteiger partial charge in [-0.2, -0.15) is 0 Å². The summed E-state index contributed by atoms with van der Waals surface area (Å²) in [5.74, 6) is 0. The second-order valence-electron chi connectivity index (χ2n) is 0. The zero-order valence-corrected chi connectivity index (χ0v) is 24.0. The van der Waals surface area contributed by atoms with Crippen molar-refractivity contribution < 1.29 is 250 Å². The molecule has 0 amide bonds. The van der Waals surface area contributed by atoms with Crippen LogP contribution in [0.3, 0.4) is 0 Å². The largest absolute Gasteiger partial charge is 1.00 e. The fourth-order valence-electron chi connectivity index (χ4n) is 0. The molecule has 0 aliphatic carbocycles. The van der Waals surface area contributed by atoms with Crippen molar-refractivity contribution in [3.05, 3.63) is 0 Å². The Bertz CT molecular complexity index is 31.6. The van der Waals surface area contributed by atoms with E-state index in [1.165, 1.54) is 0 Å². The van der Waals surface area contributed by atoms with Crippen LogP contribution < -0.4 is 207 Å². The minimum Gasteiger partial charge on any atom is -1.00 e. The molecule has 0 aromatic heterocycles. The molecule has 0 atom stereocenters. The zero-order valence-electron chi connectivity index (χ0n) is 17.0. The summed E-state index contributed by atoms with van der Waals surface area (Å²) >= 11 is 0. The maximum absolute atomic E-state index is 0. The summed E-state index contributed by atoms with van der Waals surface area (Å²) in [5.41, 5.74) is 0. The maximum Gasteiger partial charge on any atom is 1.00 e. The third-order valence-electron chi connectivity index (χ3n) is 0. The molecule has 0 heterocycles. The first-order valence-corrected chi connectivity index (χ1v) is 0. The summed E-state index contributed by atoms with van der Waals surface area (Å²) in [4.78, 5) is 0. The van der Waals surface area contributed by atoms with Crippen LogP contribution in [0.25, 0.3) is 0 Å². The molecular formula is H19Na7O6.